The molecule has 0 spiro atoms. The smallest absolute Gasteiger partial charge is 0.310 e. The van der Waals surface area contributed by atoms with Crippen molar-refractivity contribution in [3.63, 3.8) is 0 Å². The van der Waals surface area contributed by atoms with Crippen molar-refractivity contribution >= 4 is 18.4 Å². The summed E-state index contributed by atoms with van der Waals surface area (Å²) < 4.78 is 0. The van der Waals surface area contributed by atoms with Gasteiger partial charge in [0.05, 0.1) is 5.41 Å². The number of hydrogen-bond acceptors (Lipinski definition) is 2. The molecule has 12 heavy (non-hydrogen) atoms. The predicted molar refractivity (Wildman–Crippen MR) is 49.7 cm³/mol. The first-order valence-electron chi connectivity index (χ1n) is 4.02. The molecule has 1 aliphatic heterocycles. The Labute approximate surface area is 78.9 Å². The highest BCUT2D eigenvalue weighted by Gasteiger charge is 2.37. The molecule has 0 aromatic carbocycles. The van der Waals surface area contributed by atoms with E-state index in [0.717, 1.165) is 19.4 Å². The Kier molecular flexibility index (Phi) is 4.00. The summed E-state index contributed by atoms with van der Waals surface area (Å²) in [7, 11) is 0. The van der Waals surface area contributed by atoms with Crippen LogP contribution in [-0.2, 0) is 4.79 Å². The molecule has 1 fully saturated rings. The second-order valence-corrected chi connectivity index (χ2v) is 3.68. The number of carboxylic acids is 1. The van der Waals surface area contributed by atoms with Gasteiger partial charge in [0.2, 0.25) is 0 Å². The van der Waals surface area contributed by atoms with Crippen molar-refractivity contribution in [2.24, 2.45) is 5.41 Å². The highest BCUT2D eigenvalue weighted by molar-refractivity contribution is 5.85. The second kappa shape index (κ2) is 4.10. The van der Waals surface area contributed by atoms with E-state index in [1.807, 2.05) is 0 Å². The number of carbonyl (C=O) groups is 1. The fourth-order valence-electron chi connectivity index (χ4n) is 1.45. The number of nitrogens with one attached hydrogen (secondary N) is 1. The maximum Gasteiger partial charge on any atom is 0.310 e. The lowest BCUT2D eigenvalue weighted by atomic mass is 9.84. The van der Waals surface area contributed by atoms with Crippen LogP contribution in [0.25, 0.3) is 0 Å². The summed E-state index contributed by atoms with van der Waals surface area (Å²) in [6.45, 7) is 4.51. The van der Waals surface area contributed by atoms with Crippen LogP contribution in [0.5, 0.6) is 0 Å². The standard InChI is InChI=1S/C8H15NO2.ClH/c1-8(2,7(10)11)6-4-3-5-9-6;/h6,9H,3-5H2,1-2H3,(H,10,11);1H. The van der Waals surface area contributed by atoms with Crippen LogP contribution in [0.2, 0.25) is 0 Å². The third kappa shape index (κ3) is 2.11. The van der Waals surface area contributed by atoms with Gasteiger partial charge in [-0.1, -0.05) is 0 Å². The maximum absolute atomic E-state index is 10.8. The van der Waals surface area contributed by atoms with Gasteiger partial charge in [-0.05, 0) is 33.2 Å². The van der Waals surface area contributed by atoms with Gasteiger partial charge < -0.3 is 10.4 Å². The molecule has 1 saturated heterocycles. The molecule has 72 valence electrons. The van der Waals surface area contributed by atoms with Gasteiger partial charge in [0.1, 0.15) is 0 Å². The lowest BCUT2D eigenvalue weighted by Crippen LogP contribution is -2.42. The highest BCUT2D eigenvalue weighted by atomic mass is 35.5. The molecule has 3 nitrogen and oxygen atoms in total. The van der Waals surface area contributed by atoms with Crippen molar-refractivity contribution in [3.8, 4) is 0 Å². The molecule has 0 bridgehead atoms. The molecule has 1 atom stereocenters. The van der Waals surface area contributed by atoms with Gasteiger partial charge in [0.25, 0.3) is 0 Å². The van der Waals surface area contributed by atoms with Crippen molar-refractivity contribution in [2.45, 2.75) is 32.7 Å². The summed E-state index contributed by atoms with van der Waals surface area (Å²) in [5.74, 6) is -0.711. The summed E-state index contributed by atoms with van der Waals surface area (Å²) in [6, 6.07) is 0.153. The summed E-state index contributed by atoms with van der Waals surface area (Å²) in [4.78, 5) is 10.8. The van der Waals surface area contributed by atoms with E-state index in [1.54, 1.807) is 13.8 Å². The molecule has 2 N–H and O–H groups in total. The third-order valence-corrected chi connectivity index (χ3v) is 2.48. The fraction of sp³-hybridized carbons (Fsp3) is 0.875. The van der Waals surface area contributed by atoms with Gasteiger partial charge in [0, 0.05) is 6.04 Å². The van der Waals surface area contributed by atoms with Crippen molar-refractivity contribution in [1.29, 1.82) is 0 Å². The van der Waals surface area contributed by atoms with Gasteiger partial charge in [-0.3, -0.25) is 4.79 Å². The van der Waals surface area contributed by atoms with Crippen LogP contribution < -0.4 is 5.32 Å². The Morgan fingerprint density at radius 3 is 2.50 bits per heavy atom. The first-order chi connectivity index (χ1) is 5.05. The Morgan fingerprint density at radius 1 is 1.58 bits per heavy atom. The Hall–Kier alpha value is -0.280. The lowest BCUT2D eigenvalue weighted by molar-refractivity contribution is -0.148. The van der Waals surface area contributed by atoms with E-state index in [-0.39, 0.29) is 18.4 Å². The van der Waals surface area contributed by atoms with E-state index in [0.29, 0.717) is 0 Å². The third-order valence-electron chi connectivity index (χ3n) is 2.48. The maximum atomic E-state index is 10.8. The van der Waals surface area contributed by atoms with Crippen molar-refractivity contribution < 1.29 is 9.90 Å². The van der Waals surface area contributed by atoms with E-state index in [9.17, 15) is 4.79 Å². The van der Waals surface area contributed by atoms with Crippen LogP contribution in [0.1, 0.15) is 26.7 Å². The Bertz CT molecular complexity index is 164. The second-order valence-electron chi connectivity index (χ2n) is 3.68. The number of rotatable bonds is 2. The highest BCUT2D eigenvalue weighted by Crippen LogP contribution is 2.26. The minimum absolute atomic E-state index is 0. The molecule has 4 heteroatoms. The molecule has 0 radical (unpaired) electrons. The number of halogens is 1. The monoisotopic (exact) mass is 193 g/mol. The Balaban J connectivity index is 0.00000121. The summed E-state index contributed by atoms with van der Waals surface area (Å²) >= 11 is 0. The van der Waals surface area contributed by atoms with Gasteiger partial charge in [0.15, 0.2) is 0 Å². The average molecular weight is 194 g/mol. The normalized spacial score (nSPS) is 23.3. The van der Waals surface area contributed by atoms with E-state index in [1.165, 1.54) is 0 Å². The van der Waals surface area contributed by atoms with Gasteiger partial charge in [-0.2, -0.15) is 0 Å². The van der Waals surface area contributed by atoms with E-state index >= 15 is 0 Å². The van der Waals surface area contributed by atoms with E-state index in [2.05, 4.69) is 5.32 Å². The average Bonchev–Trinajstić information content (AvgIpc) is 2.37. The molecular formula is C8H16ClNO2. The summed E-state index contributed by atoms with van der Waals surface area (Å²) in [6.07, 6.45) is 2.08. The van der Waals surface area contributed by atoms with Crippen LogP contribution in [0.15, 0.2) is 0 Å². The molecule has 0 aliphatic carbocycles. The summed E-state index contributed by atoms with van der Waals surface area (Å²) in [5.41, 5.74) is -0.615. The quantitative estimate of drug-likeness (QED) is 0.695. The van der Waals surface area contributed by atoms with E-state index < -0.39 is 11.4 Å². The SMILES string of the molecule is CC(C)(C(=O)O)C1CCCN1.Cl. The van der Waals surface area contributed by atoms with Crippen molar-refractivity contribution in [3.05, 3.63) is 0 Å². The van der Waals surface area contributed by atoms with Crippen LogP contribution in [-0.4, -0.2) is 23.7 Å². The number of hydrogen-bond donors (Lipinski definition) is 2. The van der Waals surface area contributed by atoms with Gasteiger partial charge in [-0.15, -0.1) is 12.4 Å². The summed E-state index contributed by atoms with van der Waals surface area (Å²) in [5, 5.41) is 12.1. The van der Waals surface area contributed by atoms with Crippen LogP contribution >= 0.6 is 12.4 Å². The topological polar surface area (TPSA) is 49.3 Å². The minimum Gasteiger partial charge on any atom is -0.481 e. The van der Waals surface area contributed by atoms with E-state index in [4.69, 9.17) is 5.11 Å². The van der Waals surface area contributed by atoms with Crippen molar-refractivity contribution in [2.75, 3.05) is 6.54 Å². The zero-order valence-corrected chi connectivity index (χ0v) is 8.28. The molecule has 0 saturated carbocycles. The molecule has 0 aromatic rings. The number of aliphatic carboxylic acids is 1. The fourth-order valence-corrected chi connectivity index (χ4v) is 1.45. The molecule has 0 aromatic heterocycles. The molecule has 1 rings (SSSR count). The molecule has 1 aliphatic rings. The first-order valence-corrected chi connectivity index (χ1v) is 4.02. The molecular weight excluding hydrogens is 178 g/mol. The lowest BCUT2D eigenvalue weighted by Gasteiger charge is -2.26. The molecule has 1 heterocycles. The predicted octanol–water partition coefficient (Wildman–Crippen LogP) is 1.27. The van der Waals surface area contributed by atoms with Gasteiger partial charge >= 0.3 is 5.97 Å². The molecule has 1 unspecified atom stereocenters. The molecule has 0 amide bonds. The van der Waals surface area contributed by atoms with Crippen LogP contribution in [0.4, 0.5) is 0 Å². The van der Waals surface area contributed by atoms with Crippen LogP contribution in [0.3, 0.4) is 0 Å². The van der Waals surface area contributed by atoms with Crippen LogP contribution in [0, 0.1) is 5.41 Å². The zero-order valence-electron chi connectivity index (χ0n) is 7.46. The first kappa shape index (κ1) is 11.7. The zero-order chi connectivity index (χ0) is 8.48. The Morgan fingerprint density at radius 2 is 2.17 bits per heavy atom. The van der Waals surface area contributed by atoms with Crippen molar-refractivity contribution in [1.82, 2.24) is 5.32 Å². The minimum atomic E-state index is -0.711. The largest absolute Gasteiger partial charge is 0.481 e. The number of carboxylic acid groups (broad SMARTS) is 1. The van der Waals surface area contributed by atoms with Gasteiger partial charge in [-0.25, -0.2) is 0 Å².